The first kappa shape index (κ1) is 15.6. The number of primary amides is 1. The lowest BCUT2D eigenvalue weighted by Crippen LogP contribution is -2.45. The summed E-state index contributed by atoms with van der Waals surface area (Å²) in [7, 11) is 0. The van der Waals surface area contributed by atoms with Gasteiger partial charge in [0.1, 0.15) is 0 Å². The number of carbonyl (C=O) groups is 1. The number of amides is 1. The maximum Gasteiger partial charge on any atom is 0.248 e. The summed E-state index contributed by atoms with van der Waals surface area (Å²) in [6.45, 7) is 6.03. The van der Waals surface area contributed by atoms with Gasteiger partial charge in [0, 0.05) is 51.0 Å². The lowest BCUT2D eigenvalue weighted by molar-refractivity contribution is 0.1000. The average Bonchev–Trinajstić information content (AvgIpc) is 2.58. The molecule has 1 saturated heterocycles. The number of hydrogen-bond donors (Lipinski definition) is 1. The van der Waals surface area contributed by atoms with Gasteiger partial charge in [0.2, 0.25) is 5.91 Å². The van der Waals surface area contributed by atoms with Gasteiger partial charge < -0.3 is 5.73 Å². The van der Waals surface area contributed by atoms with Crippen molar-refractivity contribution in [2.24, 2.45) is 5.73 Å². The van der Waals surface area contributed by atoms with Crippen LogP contribution in [0.2, 0.25) is 0 Å². The van der Waals surface area contributed by atoms with E-state index in [2.05, 4.69) is 20.9 Å². The molecule has 0 spiro atoms. The third kappa shape index (κ3) is 4.37. The molecule has 5 heteroatoms. The molecule has 2 N–H and O–H groups in total. The minimum absolute atomic E-state index is 0.375. The standard InChI is InChI=1S/C18H22N4O/c19-18(23)16-6-4-15(5-7-16)13-21-9-11-22(12-10-21)14-17-3-1-2-8-20-17/h1-8H,9-14H2,(H2,19,23). The van der Waals surface area contributed by atoms with Crippen LogP contribution in [-0.2, 0) is 13.1 Å². The number of aromatic nitrogens is 1. The summed E-state index contributed by atoms with van der Waals surface area (Å²) in [5.41, 5.74) is 8.17. The molecule has 1 fully saturated rings. The minimum atomic E-state index is -0.375. The predicted molar refractivity (Wildman–Crippen MR) is 89.8 cm³/mol. The van der Waals surface area contributed by atoms with Crippen molar-refractivity contribution < 1.29 is 4.79 Å². The molecule has 120 valence electrons. The first-order valence-corrected chi connectivity index (χ1v) is 7.94. The number of nitrogens with two attached hydrogens (primary N) is 1. The molecule has 0 radical (unpaired) electrons. The smallest absolute Gasteiger partial charge is 0.248 e. The summed E-state index contributed by atoms with van der Waals surface area (Å²) in [4.78, 5) is 20.4. The largest absolute Gasteiger partial charge is 0.366 e. The Morgan fingerprint density at radius 2 is 1.61 bits per heavy atom. The summed E-state index contributed by atoms with van der Waals surface area (Å²) < 4.78 is 0. The van der Waals surface area contributed by atoms with Crippen LogP contribution in [-0.4, -0.2) is 46.9 Å². The van der Waals surface area contributed by atoms with Gasteiger partial charge in [-0.15, -0.1) is 0 Å². The van der Waals surface area contributed by atoms with E-state index in [1.54, 1.807) is 12.1 Å². The van der Waals surface area contributed by atoms with E-state index < -0.39 is 0 Å². The van der Waals surface area contributed by atoms with E-state index in [0.717, 1.165) is 45.0 Å². The number of piperazine rings is 1. The van der Waals surface area contributed by atoms with E-state index in [9.17, 15) is 4.79 Å². The summed E-state index contributed by atoms with van der Waals surface area (Å²) in [5.74, 6) is -0.375. The van der Waals surface area contributed by atoms with E-state index in [0.29, 0.717) is 5.56 Å². The molecular formula is C18H22N4O. The molecule has 1 aliphatic heterocycles. The van der Waals surface area contributed by atoms with Gasteiger partial charge >= 0.3 is 0 Å². The van der Waals surface area contributed by atoms with E-state index >= 15 is 0 Å². The molecule has 0 saturated carbocycles. The topological polar surface area (TPSA) is 62.5 Å². The van der Waals surface area contributed by atoms with Crippen molar-refractivity contribution >= 4 is 5.91 Å². The second-order valence-electron chi connectivity index (χ2n) is 5.93. The van der Waals surface area contributed by atoms with Gasteiger partial charge in [0.05, 0.1) is 5.69 Å². The maximum absolute atomic E-state index is 11.1. The van der Waals surface area contributed by atoms with Crippen molar-refractivity contribution in [3.05, 3.63) is 65.5 Å². The number of hydrogen-bond acceptors (Lipinski definition) is 4. The first-order chi connectivity index (χ1) is 11.2. The summed E-state index contributed by atoms with van der Waals surface area (Å²) in [6, 6.07) is 13.6. The number of benzene rings is 1. The number of carbonyl (C=O) groups excluding carboxylic acids is 1. The predicted octanol–water partition coefficient (Wildman–Crippen LogP) is 1.50. The van der Waals surface area contributed by atoms with Gasteiger partial charge in [-0.25, -0.2) is 0 Å². The van der Waals surface area contributed by atoms with Crippen molar-refractivity contribution in [3.8, 4) is 0 Å². The Balaban J connectivity index is 1.48. The van der Waals surface area contributed by atoms with Gasteiger partial charge in [-0.2, -0.15) is 0 Å². The molecular weight excluding hydrogens is 288 g/mol. The number of rotatable bonds is 5. The molecule has 1 aliphatic rings. The monoisotopic (exact) mass is 310 g/mol. The van der Waals surface area contributed by atoms with Gasteiger partial charge in [-0.1, -0.05) is 18.2 Å². The van der Waals surface area contributed by atoms with Crippen LogP contribution in [0.5, 0.6) is 0 Å². The van der Waals surface area contributed by atoms with Crippen LogP contribution in [0.4, 0.5) is 0 Å². The molecule has 0 aliphatic carbocycles. The Kier molecular flexibility index (Phi) is 5.00. The Bertz CT molecular complexity index is 634. The van der Waals surface area contributed by atoms with Crippen LogP contribution in [0.25, 0.3) is 0 Å². The van der Waals surface area contributed by atoms with Gasteiger partial charge in [0.25, 0.3) is 0 Å². The molecule has 5 nitrogen and oxygen atoms in total. The van der Waals surface area contributed by atoms with E-state index in [1.165, 1.54) is 5.56 Å². The fourth-order valence-corrected chi connectivity index (χ4v) is 2.86. The SMILES string of the molecule is NC(=O)c1ccc(CN2CCN(Cc3ccccn3)CC2)cc1. The molecule has 1 amide bonds. The van der Waals surface area contributed by atoms with Gasteiger partial charge in [-0.05, 0) is 29.8 Å². The third-order valence-corrected chi connectivity index (χ3v) is 4.22. The molecule has 0 atom stereocenters. The van der Waals surface area contributed by atoms with Crippen molar-refractivity contribution in [1.82, 2.24) is 14.8 Å². The maximum atomic E-state index is 11.1. The highest BCUT2D eigenvalue weighted by Gasteiger charge is 2.17. The van der Waals surface area contributed by atoms with Crippen LogP contribution in [0.3, 0.4) is 0 Å². The second-order valence-corrected chi connectivity index (χ2v) is 5.93. The fraction of sp³-hybridized carbons (Fsp3) is 0.333. The molecule has 1 aromatic carbocycles. The number of nitrogens with zero attached hydrogens (tertiary/aromatic N) is 3. The molecule has 23 heavy (non-hydrogen) atoms. The highest BCUT2D eigenvalue weighted by atomic mass is 16.1. The minimum Gasteiger partial charge on any atom is -0.366 e. The highest BCUT2D eigenvalue weighted by molar-refractivity contribution is 5.92. The van der Waals surface area contributed by atoms with Crippen molar-refractivity contribution in [1.29, 1.82) is 0 Å². The highest BCUT2D eigenvalue weighted by Crippen LogP contribution is 2.11. The second kappa shape index (κ2) is 7.35. The zero-order chi connectivity index (χ0) is 16.1. The lowest BCUT2D eigenvalue weighted by Gasteiger charge is -2.34. The molecule has 0 unspecified atom stereocenters. The van der Waals surface area contributed by atoms with Crippen LogP contribution in [0, 0.1) is 0 Å². The van der Waals surface area contributed by atoms with Crippen LogP contribution in [0.1, 0.15) is 21.6 Å². The van der Waals surface area contributed by atoms with Crippen molar-refractivity contribution in [2.45, 2.75) is 13.1 Å². The molecule has 2 aromatic rings. The zero-order valence-corrected chi connectivity index (χ0v) is 13.2. The Labute approximate surface area is 136 Å². The normalized spacial score (nSPS) is 16.3. The fourth-order valence-electron chi connectivity index (χ4n) is 2.86. The molecule has 3 rings (SSSR count). The summed E-state index contributed by atoms with van der Waals surface area (Å²) in [5, 5.41) is 0. The summed E-state index contributed by atoms with van der Waals surface area (Å²) in [6.07, 6.45) is 1.85. The van der Waals surface area contributed by atoms with E-state index in [-0.39, 0.29) is 5.91 Å². The molecule has 1 aromatic heterocycles. The molecule has 0 bridgehead atoms. The van der Waals surface area contributed by atoms with Gasteiger partial charge in [-0.3, -0.25) is 19.6 Å². The summed E-state index contributed by atoms with van der Waals surface area (Å²) >= 11 is 0. The quantitative estimate of drug-likeness (QED) is 0.909. The molecule has 2 heterocycles. The van der Waals surface area contributed by atoms with E-state index in [4.69, 9.17) is 5.73 Å². The number of pyridine rings is 1. The average molecular weight is 310 g/mol. The van der Waals surface area contributed by atoms with Gasteiger partial charge in [0.15, 0.2) is 0 Å². The van der Waals surface area contributed by atoms with Crippen LogP contribution >= 0.6 is 0 Å². The van der Waals surface area contributed by atoms with Crippen LogP contribution < -0.4 is 5.73 Å². The Hall–Kier alpha value is -2.24. The van der Waals surface area contributed by atoms with Crippen molar-refractivity contribution in [2.75, 3.05) is 26.2 Å². The Morgan fingerprint density at radius 3 is 2.17 bits per heavy atom. The lowest BCUT2D eigenvalue weighted by atomic mass is 10.1. The van der Waals surface area contributed by atoms with Crippen molar-refractivity contribution in [3.63, 3.8) is 0 Å². The van der Waals surface area contributed by atoms with Crippen LogP contribution in [0.15, 0.2) is 48.7 Å². The zero-order valence-electron chi connectivity index (χ0n) is 13.2. The van der Waals surface area contributed by atoms with E-state index in [1.807, 2.05) is 30.5 Å². The third-order valence-electron chi connectivity index (χ3n) is 4.22. The Morgan fingerprint density at radius 1 is 0.957 bits per heavy atom. The first-order valence-electron chi connectivity index (χ1n) is 7.94.